The van der Waals surface area contributed by atoms with E-state index in [1.807, 2.05) is 36.4 Å². The van der Waals surface area contributed by atoms with E-state index in [-0.39, 0.29) is 0 Å². The fraction of sp³-hybridized carbons (Fsp3) is 0. The second-order valence-corrected chi connectivity index (χ2v) is 3.92. The molecule has 0 fully saturated rings. The third-order valence-corrected chi connectivity index (χ3v) is 2.75. The predicted octanol–water partition coefficient (Wildman–Crippen LogP) is 2.15. The van der Waals surface area contributed by atoms with Crippen molar-refractivity contribution in [2.45, 2.75) is 0 Å². The number of nitrogens with one attached hydrogen (secondary N) is 1. The molecule has 3 aromatic rings. The highest BCUT2D eigenvalue weighted by Gasteiger charge is 2.05. The van der Waals surface area contributed by atoms with Crippen molar-refractivity contribution in [1.29, 1.82) is 0 Å². The third-order valence-electron chi connectivity index (χ3n) is 2.75. The molecular formula is C14H9NO3. The first-order valence-corrected chi connectivity index (χ1v) is 5.47. The molecule has 0 aliphatic heterocycles. The van der Waals surface area contributed by atoms with Gasteiger partial charge in [-0.2, -0.15) is 0 Å². The highest BCUT2D eigenvalue weighted by atomic mass is 16.4. The molecular weight excluding hydrogens is 230 g/mol. The molecule has 0 atom stereocenters. The number of fused-ring (bicyclic) bond motifs is 1. The highest BCUT2D eigenvalue weighted by Crippen LogP contribution is 2.21. The summed E-state index contributed by atoms with van der Waals surface area (Å²) >= 11 is 0. The third kappa shape index (κ3) is 1.73. The largest absolute Gasteiger partial charge is 0.419 e. The summed E-state index contributed by atoms with van der Waals surface area (Å²) < 4.78 is 4.92. The lowest BCUT2D eigenvalue weighted by Crippen LogP contribution is -2.17. The second kappa shape index (κ2) is 4.00. The highest BCUT2D eigenvalue weighted by molar-refractivity contribution is 5.82. The first-order chi connectivity index (χ1) is 8.74. The predicted molar refractivity (Wildman–Crippen MR) is 68.5 cm³/mol. The van der Waals surface area contributed by atoms with Crippen molar-refractivity contribution in [3.05, 3.63) is 69.4 Å². The van der Waals surface area contributed by atoms with Crippen molar-refractivity contribution in [3.8, 4) is 11.1 Å². The molecule has 0 bridgehead atoms. The van der Waals surface area contributed by atoms with Crippen LogP contribution < -0.4 is 11.3 Å². The van der Waals surface area contributed by atoms with Crippen LogP contribution in [0.3, 0.4) is 0 Å². The van der Waals surface area contributed by atoms with E-state index in [4.69, 9.17) is 4.42 Å². The van der Waals surface area contributed by atoms with E-state index in [1.165, 1.54) is 0 Å². The molecule has 4 heteroatoms. The monoisotopic (exact) mass is 239 g/mol. The van der Waals surface area contributed by atoms with Gasteiger partial charge < -0.3 is 4.42 Å². The molecule has 0 saturated carbocycles. The van der Waals surface area contributed by atoms with Gasteiger partial charge >= 0.3 is 5.76 Å². The minimum atomic E-state index is -0.736. The van der Waals surface area contributed by atoms with Crippen LogP contribution in [-0.4, -0.2) is 4.98 Å². The molecule has 1 aromatic heterocycles. The lowest BCUT2D eigenvalue weighted by Gasteiger charge is -2.02. The Hall–Kier alpha value is -2.62. The van der Waals surface area contributed by atoms with Gasteiger partial charge in [0.05, 0.1) is 5.39 Å². The zero-order valence-electron chi connectivity index (χ0n) is 9.34. The van der Waals surface area contributed by atoms with Crippen molar-refractivity contribution in [2.75, 3.05) is 0 Å². The van der Waals surface area contributed by atoms with Crippen LogP contribution in [0.2, 0.25) is 0 Å². The van der Waals surface area contributed by atoms with Gasteiger partial charge in [0.15, 0.2) is 0 Å². The molecule has 0 spiro atoms. The van der Waals surface area contributed by atoms with Gasteiger partial charge in [0.1, 0.15) is 5.58 Å². The van der Waals surface area contributed by atoms with Gasteiger partial charge in [-0.05, 0) is 23.3 Å². The minimum Gasteiger partial charge on any atom is -0.409 e. The fourth-order valence-corrected chi connectivity index (χ4v) is 1.89. The molecule has 2 aromatic carbocycles. The Morgan fingerprint density at radius 2 is 1.67 bits per heavy atom. The van der Waals surface area contributed by atoms with Crippen LogP contribution in [0, 0.1) is 0 Å². The minimum absolute atomic E-state index is 0.295. The van der Waals surface area contributed by atoms with E-state index in [2.05, 4.69) is 4.98 Å². The smallest absolute Gasteiger partial charge is 0.409 e. The number of benzene rings is 2. The molecule has 1 heterocycles. The number of rotatable bonds is 1. The molecule has 0 saturated heterocycles. The Kier molecular flexibility index (Phi) is 2.34. The Morgan fingerprint density at radius 1 is 0.889 bits per heavy atom. The van der Waals surface area contributed by atoms with Crippen LogP contribution in [-0.2, 0) is 0 Å². The average molecular weight is 239 g/mol. The number of aromatic amines is 1. The fourth-order valence-electron chi connectivity index (χ4n) is 1.89. The number of H-pyrrole nitrogens is 1. The summed E-state index contributed by atoms with van der Waals surface area (Å²) in [5.41, 5.74) is 1.77. The van der Waals surface area contributed by atoms with Crippen LogP contribution in [0.4, 0.5) is 0 Å². The van der Waals surface area contributed by atoms with Crippen LogP contribution in [0.5, 0.6) is 0 Å². The maximum absolute atomic E-state index is 11.7. The van der Waals surface area contributed by atoms with Crippen LogP contribution >= 0.6 is 0 Å². The second-order valence-electron chi connectivity index (χ2n) is 3.92. The van der Waals surface area contributed by atoms with Gasteiger partial charge in [0, 0.05) is 0 Å². The zero-order valence-corrected chi connectivity index (χ0v) is 9.34. The van der Waals surface area contributed by atoms with E-state index in [0.717, 1.165) is 11.1 Å². The Labute approximate surface area is 102 Å². The van der Waals surface area contributed by atoms with Crippen molar-refractivity contribution in [1.82, 2.24) is 4.98 Å². The lowest BCUT2D eigenvalue weighted by atomic mass is 10.0. The van der Waals surface area contributed by atoms with Crippen LogP contribution in [0.1, 0.15) is 0 Å². The van der Waals surface area contributed by atoms with Gasteiger partial charge in [0.2, 0.25) is 0 Å². The summed E-state index contributed by atoms with van der Waals surface area (Å²) in [7, 11) is 0. The van der Waals surface area contributed by atoms with E-state index >= 15 is 0 Å². The summed E-state index contributed by atoms with van der Waals surface area (Å²) in [6.07, 6.45) is 0. The first-order valence-electron chi connectivity index (χ1n) is 5.47. The molecule has 0 amide bonds. The molecule has 0 aliphatic rings. The van der Waals surface area contributed by atoms with Gasteiger partial charge in [-0.1, -0.05) is 36.4 Å². The maximum Gasteiger partial charge on any atom is 0.419 e. The summed E-state index contributed by atoms with van der Waals surface area (Å²) in [6.45, 7) is 0. The van der Waals surface area contributed by atoms with E-state index in [0.29, 0.717) is 11.0 Å². The van der Waals surface area contributed by atoms with E-state index in [9.17, 15) is 9.59 Å². The Balaban J connectivity index is 2.30. The maximum atomic E-state index is 11.7. The molecule has 3 rings (SSSR count). The van der Waals surface area contributed by atoms with Gasteiger partial charge in [-0.3, -0.25) is 9.78 Å². The van der Waals surface area contributed by atoms with Crippen molar-refractivity contribution in [2.24, 2.45) is 0 Å². The molecule has 0 aliphatic carbocycles. The molecule has 1 N–H and O–H groups in total. The quantitative estimate of drug-likeness (QED) is 0.707. The number of hydrogen-bond acceptors (Lipinski definition) is 3. The summed E-state index contributed by atoms with van der Waals surface area (Å²) in [5.74, 6) is -0.736. The normalized spacial score (nSPS) is 10.7. The van der Waals surface area contributed by atoms with Crippen molar-refractivity contribution in [3.63, 3.8) is 0 Å². The van der Waals surface area contributed by atoms with E-state index < -0.39 is 11.3 Å². The SMILES string of the molecule is O=c1[nH]c(=O)c2cc(-c3ccccc3)ccc2o1. The van der Waals surface area contributed by atoms with Crippen molar-refractivity contribution >= 4 is 11.0 Å². The van der Waals surface area contributed by atoms with Crippen LogP contribution in [0.25, 0.3) is 22.1 Å². The Bertz CT molecular complexity index is 816. The molecule has 88 valence electrons. The number of aromatic nitrogens is 1. The standard InChI is InChI=1S/C14H9NO3/c16-13-11-8-10(9-4-2-1-3-5-9)6-7-12(11)18-14(17)15-13/h1-8H,(H,15,16,17). The molecule has 0 radical (unpaired) electrons. The van der Waals surface area contributed by atoms with Crippen LogP contribution in [0.15, 0.2) is 62.5 Å². The summed E-state index contributed by atoms with van der Waals surface area (Å²) in [4.78, 5) is 24.8. The molecule has 4 nitrogen and oxygen atoms in total. The lowest BCUT2D eigenvalue weighted by molar-refractivity contribution is 0.528. The summed E-state index contributed by atoms with van der Waals surface area (Å²) in [5, 5.41) is 0.371. The van der Waals surface area contributed by atoms with Gasteiger partial charge in [-0.15, -0.1) is 0 Å². The van der Waals surface area contributed by atoms with E-state index in [1.54, 1.807) is 12.1 Å². The average Bonchev–Trinajstić information content (AvgIpc) is 2.39. The van der Waals surface area contributed by atoms with Crippen molar-refractivity contribution < 1.29 is 4.42 Å². The van der Waals surface area contributed by atoms with Gasteiger partial charge in [0.25, 0.3) is 5.56 Å². The van der Waals surface area contributed by atoms with Gasteiger partial charge in [-0.25, -0.2) is 4.79 Å². The zero-order chi connectivity index (χ0) is 12.5. The molecule has 18 heavy (non-hydrogen) atoms. The number of hydrogen-bond donors (Lipinski definition) is 1. The molecule has 0 unspecified atom stereocenters. The Morgan fingerprint density at radius 3 is 2.44 bits per heavy atom. The topological polar surface area (TPSA) is 63.1 Å². The first kappa shape index (κ1) is 10.5. The summed E-state index contributed by atoms with van der Waals surface area (Å²) in [6, 6.07) is 14.9.